The molecule has 186 valence electrons. The second kappa shape index (κ2) is 10.5. The Morgan fingerprint density at radius 3 is 2.54 bits per heavy atom. The number of amides is 1. The average molecular weight is 499 g/mol. The summed E-state index contributed by atoms with van der Waals surface area (Å²) in [4.78, 5) is 14.4. The number of rotatable bonds is 8. The quantitative estimate of drug-likeness (QED) is 0.512. The van der Waals surface area contributed by atoms with Gasteiger partial charge in [-0.2, -0.15) is 5.10 Å². The van der Waals surface area contributed by atoms with Gasteiger partial charge < -0.3 is 14.4 Å². The molecule has 0 spiro atoms. The van der Waals surface area contributed by atoms with E-state index < -0.39 is 10.0 Å². The van der Waals surface area contributed by atoms with Gasteiger partial charge in [0, 0.05) is 50.3 Å². The van der Waals surface area contributed by atoms with Gasteiger partial charge in [-0.1, -0.05) is 18.2 Å². The minimum atomic E-state index is -3.80. The predicted octanol–water partition coefficient (Wildman–Crippen LogP) is 2.98. The normalized spacial score (nSPS) is 13.3. The van der Waals surface area contributed by atoms with E-state index in [9.17, 15) is 13.2 Å². The maximum atomic E-state index is 12.7. The fourth-order valence-electron chi connectivity index (χ4n) is 3.93. The highest BCUT2D eigenvalue weighted by molar-refractivity contribution is 7.89. The summed E-state index contributed by atoms with van der Waals surface area (Å²) in [5.41, 5.74) is 3.74. The van der Waals surface area contributed by atoms with Crippen molar-refractivity contribution in [1.29, 1.82) is 0 Å². The number of fused-ring (bicyclic) bond motifs is 1. The molecule has 1 amide bonds. The van der Waals surface area contributed by atoms with Crippen LogP contribution in [0.3, 0.4) is 0 Å². The van der Waals surface area contributed by atoms with Crippen LogP contribution >= 0.6 is 0 Å². The maximum absolute atomic E-state index is 12.7. The Morgan fingerprint density at radius 1 is 1.09 bits per heavy atom. The number of carbonyl (C=O) groups excluding carboxylic acids is 1. The number of ether oxygens (including phenoxy) is 2. The minimum Gasteiger partial charge on any atom is -0.490 e. The van der Waals surface area contributed by atoms with E-state index in [2.05, 4.69) is 9.82 Å². The Balaban J connectivity index is 1.35. The topological polar surface area (TPSA) is 103 Å². The molecule has 0 unspecified atom stereocenters. The summed E-state index contributed by atoms with van der Waals surface area (Å²) in [6, 6.07) is 14.3. The largest absolute Gasteiger partial charge is 0.490 e. The number of nitrogens with one attached hydrogen (secondary N) is 1. The Kier molecular flexibility index (Phi) is 7.42. The monoisotopic (exact) mass is 498 g/mol. The molecule has 10 heteroatoms. The molecule has 35 heavy (non-hydrogen) atoms. The lowest BCUT2D eigenvalue weighted by atomic mass is 10.2. The molecule has 0 bridgehead atoms. The molecule has 0 atom stereocenters. The minimum absolute atomic E-state index is 0.0127. The summed E-state index contributed by atoms with van der Waals surface area (Å²) in [5, 5.41) is 4.63. The van der Waals surface area contributed by atoms with Gasteiger partial charge in [0.05, 0.1) is 29.5 Å². The van der Waals surface area contributed by atoms with Crippen LogP contribution in [-0.2, 0) is 21.4 Å². The molecule has 1 aliphatic rings. The Hall–Kier alpha value is -3.37. The van der Waals surface area contributed by atoms with E-state index >= 15 is 0 Å². The van der Waals surface area contributed by atoms with Gasteiger partial charge >= 0.3 is 0 Å². The molecule has 2 aromatic carbocycles. The Bertz CT molecular complexity index is 1300. The molecule has 4 rings (SSSR count). The van der Waals surface area contributed by atoms with Crippen LogP contribution in [-0.4, -0.2) is 55.8 Å². The second-order valence-electron chi connectivity index (χ2n) is 8.45. The summed E-state index contributed by atoms with van der Waals surface area (Å²) in [7, 11) is -2.09. The molecule has 1 N–H and O–H groups in total. The van der Waals surface area contributed by atoms with Crippen LogP contribution in [0.1, 0.15) is 29.8 Å². The van der Waals surface area contributed by atoms with E-state index in [1.54, 1.807) is 18.0 Å². The van der Waals surface area contributed by atoms with Gasteiger partial charge in [0.2, 0.25) is 15.9 Å². The van der Waals surface area contributed by atoms with Gasteiger partial charge in [-0.25, -0.2) is 17.8 Å². The van der Waals surface area contributed by atoms with Crippen LogP contribution < -0.4 is 14.2 Å². The van der Waals surface area contributed by atoms with E-state index in [1.807, 2.05) is 48.9 Å². The van der Waals surface area contributed by atoms with Crippen molar-refractivity contribution in [2.24, 2.45) is 0 Å². The van der Waals surface area contributed by atoms with Crippen LogP contribution in [0.25, 0.3) is 5.69 Å². The molecular weight excluding hydrogens is 468 g/mol. The second-order valence-corrected chi connectivity index (χ2v) is 10.2. The summed E-state index contributed by atoms with van der Waals surface area (Å²) in [6.45, 7) is 5.26. The number of hydrogen-bond donors (Lipinski definition) is 1. The van der Waals surface area contributed by atoms with E-state index in [0.29, 0.717) is 31.3 Å². The van der Waals surface area contributed by atoms with Crippen molar-refractivity contribution >= 4 is 15.9 Å². The lowest BCUT2D eigenvalue weighted by molar-refractivity contribution is -0.130. The van der Waals surface area contributed by atoms with Gasteiger partial charge in [0.25, 0.3) is 0 Å². The molecule has 0 aliphatic carbocycles. The number of sulfonamides is 1. The van der Waals surface area contributed by atoms with Crippen LogP contribution in [0.5, 0.6) is 11.5 Å². The maximum Gasteiger partial charge on any atom is 0.240 e. The van der Waals surface area contributed by atoms with Crippen molar-refractivity contribution in [1.82, 2.24) is 19.4 Å². The molecule has 3 aromatic rings. The first kappa shape index (κ1) is 24.7. The van der Waals surface area contributed by atoms with Gasteiger partial charge in [-0.15, -0.1) is 0 Å². The standard InChI is InChI=1S/C25H30N4O5S/c1-18-22(19(2)29(27-18)20-8-5-4-6-9-20)17-28(3)25(30)12-13-26-35(31,32)21-10-11-23-24(16-21)34-15-7-14-33-23/h4-6,8-11,16,26H,7,12-15,17H2,1-3H3. The van der Waals surface area contributed by atoms with Gasteiger partial charge in [-0.3, -0.25) is 4.79 Å². The molecule has 9 nitrogen and oxygen atoms in total. The predicted molar refractivity (Wildman–Crippen MR) is 131 cm³/mol. The summed E-state index contributed by atoms with van der Waals surface area (Å²) in [6.07, 6.45) is 0.766. The Morgan fingerprint density at radius 2 is 1.80 bits per heavy atom. The zero-order valence-corrected chi connectivity index (χ0v) is 21.0. The van der Waals surface area contributed by atoms with Crippen LogP contribution in [0.2, 0.25) is 0 Å². The zero-order valence-electron chi connectivity index (χ0n) is 20.2. The molecule has 0 saturated heterocycles. The van der Waals surface area contributed by atoms with E-state index in [0.717, 1.165) is 29.1 Å². The molecule has 0 radical (unpaired) electrons. The average Bonchev–Trinajstić information content (AvgIpc) is 3.01. The molecule has 0 fully saturated rings. The van der Waals surface area contributed by atoms with Crippen LogP contribution in [0.15, 0.2) is 53.4 Å². The summed E-state index contributed by atoms with van der Waals surface area (Å²) < 4.78 is 41.0. The number of benzene rings is 2. The summed E-state index contributed by atoms with van der Waals surface area (Å²) >= 11 is 0. The van der Waals surface area contributed by atoms with Crippen molar-refractivity contribution in [2.45, 2.75) is 38.1 Å². The van der Waals surface area contributed by atoms with Crippen LogP contribution in [0.4, 0.5) is 0 Å². The first-order valence-corrected chi connectivity index (χ1v) is 13.0. The smallest absolute Gasteiger partial charge is 0.240 e. The van der Waals surface area contributed by atoms with Gasteiger partial charge in [0.1, 0.15) is 0 Å². The highest BCUT2D eigenvalue weighted by atomic mass is 32.2. The fraction of sp³-hybridized carbons (Fsp3) is 0.360. The van der Waals surface area contributed by atoms with Crippen molar-refractivity contribution in [2.75, 3.05) is 26.8 Å². The molecule has 0 saturated carbocycles. The van der Waals surface area contributed by atoms with Crippen molar-refractivity contribution in [3.05, 3.63) is 65.5 Å². The third-order valence-corrected chi connectivity index (χ3v) is 7.38. The van der Waals surface area contributed by atoms with E-state index in [-0.39, 0.29) is 23.8 Å². The van der Waals surface area contributed by atoms with Crippen molar-refractivity contribution < 1.29 is 22.7 Å². The van der Waals surface area contributed by atoms with Crippen LogP contribution in [0, 0.1) is 13.8 Å². The number of nitrogens with zero attached hydrogens (tertiary/aromatic N) is 3. The first-order chi connectivity index (χ1) is 16.8. The molecule has 1 aromatic heterocycles. The highest BCUT2D eigenvalue weighted by Gasteiger charge is 2.21. The Labute approximate surface area is 205 Å². The fourth-order valence-corrected chi connectivity index (χ4v) is 4.97. The lowest BCUT2D eigenvalue weighted by Gasteiger charge is -2.18. The molecule has 1 aliphatic heterocycles. The number of hydrogen-bond acceptors (Lipinski definition) is 6. The highest BCUT2D eigenvalue weighted by Crippen LogP contribution is 2.31. The van der Waals surface area contributed by atoms with Crippen molar-refractivity contribution in [3.8, 4) is 17.2 Å². The number of carbonyl (C=O) groups is 1. The summed E-state index contributed by atoms with van der Waals surface area (Å²) in [5.74, 6) is 0.764. The van der Waals surface area contributed by atoms with Crippen molar-refractivity contribution in [3.63, 3.8) is 0 Å². The molecule has 2 heterocycles. The van der Waals surface area contributed by atoms with Gasteiger partial charge in [-0.05, 0) is 38.1 Å². The first-order valence-electron chi connectivity index (χ1n) is 11.5. The number of para-hydroxylation sites is 1. The van der Waals surface area contributed by atoms with Gasteiger partial charge in [0.15, 0.2) is 11.5 Å². The number of aryl methyl sites for hydroxylation is 1. The van der Waals surface area contributed by atoms with E-state index in [4.69, 9.17) is 9.47 Å². The SMILES string of the molecule is Cc1nn(-c2ccccc2)c(C)c1CN(C)C(=O)CCNS(=O)(=O)c1ccc2c(c1)OCCCO2. The third-order valence-electron chi connectivity index (χ3n) is 5.92. The van der Waals surface area contributed by atoms with E-state index in [1.165, 1.54) is 12.1 Å². The molecular formula is C25H30N4O5S. The third kappa shape index (κ3) is 5.66. The number of aromatic nitrogens is 2. The zero-order chi connectivity index (χ0) is 25.0. The lowest BCUT2D eigenvalue weighted by Crippen LogP contribution is -2.32.